The van der Waals surface area contributed by atoms with E-state index in [-0.39, 0.29) is 17.0 Å². The van der Waals surface area contributed by atoms with Crippen LogP contribution in [-0.4, -0.2) is 32.4 Å². The zero-order valence-corrected chi connectivity index (χ0v) is 11.7. The predicted molar refractivity (Wildman–Crippen MR) is 72.3 cm³/mol. The second-order valence-corrected chi connectivity index (χ2v) is 5.84. The standard InChI is InChI=1S/C12H17NO5S/c1-3-4-7-18-11-8-9(12(14)15)5-6-10(11)13-19(2,16)17/h5-6,8,13H,3-4,7H2,1-2H3,(H,14,15). The number of carboxylic acids is 1. The molecule has 0 aliphatic heterocycles. The van der Waals surface area contributed by atoms with Crippen molar-refractivity contribution in [1.82, 2.24) is 0 Å². The molecule has 1 aromatic rings. The monoisotopic (exact) mass is 287 g/mol. The average molecular weight is 287 g/mol. The van der Waals surface area contributed by atoms with E-state index in [1.165, 1.54) is 18.2 Å². The van der Waals surface area contributed by atoms with E-state index in [1.807, 2.05) is 6.92 Å². The summed E-state index contributed by atoms with van der Waals surface area (Å²) in [7, 11) is -3.44. The molecule has 0 aliphatic carbocycles. The van der Waals surface area contributed by atoms with Gasteiger partial charge in [0.05, 0.1) is 24.1 Å². The summed E-state index contributed by atoms with van der Waals surface area (Å²) in [5, 5.41) is 8.91. The van der Waals surface area contributed by atoms with Crippen molar-refractivity contribution < 1.29 is 23.1 Å². The molecule has 0 saturated heterocycles. The fourth-order valence-electron chi connectivity index (χ4n) is 1.39. The Bertz CT molecular complexity index is 553. The third-order valence-electron chi connectivity index (χ3n) is 2.28. The number of ether oxygens (including phenoxy) is 1. The molecular formula is C12H17NO5S. The SMILES string of the molecule is CCCCOc1cc(C(=O)O)ccc1NS(C)(=O)=O. The quantitative estimate of drug-likeness (QED) is 0.747. The fourth-order valence-corrected chi connectivity index (χ4v) is 1.95. The Morgan fingerprint density at radius 2 is 2.11 bits per heavy atom. The van der Waals surface area contributed by atoms with Crippen LogP contribution in [0.3, 0.4) is 0 Å². The van der Waals surface area contributed by atoms with Crippen LogP contribution < -0.4 is 9.46 Å². The van der Waals surface area contributed by atoms with Crippen LogP contribution in [0.25, 0.3) is 0 Å². The summed E-state index contributed by atoms with van der Waals surface area (Å²) in [5.41, 5.74) is 0.286. The zero-order valence-electron chi connectivity index (χ0n) is 10.8. The van der Waals surface area contributed by atoms with Crippen LogP contribution in [0.1, 0.15) is 30.1 Å². The molecule has 0 spiro atoms. The molecule has 0 bridgehead atoms. The van der Waals surface area contributed by atoms with E-state index in [4.69, 9.17) is 9.84 Å². The topological polar surface area (TPSA) is 92.7 Å². The highest BCUT2D eigenvalue weighted by Crippen LogP contribution is 2.27. The lowest BCUT2D eigenvalue weighted by Gasteiger charge is -2.12. The van der Waals surface area contributed by atoms with Crippen LogP contribution in [0.15, 0.2) is 18.2 Å². The highest BCUT2D eigenvalue weighted by atomic mass is 32.2. The molecule has 0 fully saturated rings. The van der Waals surface area contributed by atoms with Gasteiger partial charge in [-0.1, -0.05) is 13.3 Å². The molecule has 2 N–H and O–H groups in total. The highest BCUT2D eigenvalue weighted by molar-refractivity contribution is 7.92. The molecule has 106 valence electrons. The third-order valence-corrected chi connectivity index (χ3v) is 2.87. The molecule has 0 heterocycles. The number of hydrogen-bond donors (Lipinski definition) is 2. The number of nitrogens with one attached hydrogen (secondary N) is 1. The van der Waals surface area contributed by atoms with Crippen LogP contribution in [0.2, 0.25) is 0 Å². The van der Waals surface area contributed by atoms with Gasteiger partial charge in [0.15, 0.2) is 0 Å². The molecule has 6 nitrogen and oxygen atoms in total. The number of hydrogen-bond acceptors (Lipinski definition) is 4. The van der Waals surface area contributed by atoms with Crippen molar-refractivity contribution in [3.63, 3.8) is 0 Å². The van der Waals surface area contributed by atoms with Gasteiger partial charge in [-0.3, -0.25) is 4.72 Å². The van der Waals surface area contributed by atoms with Crippen LogP contribution in [0.5, 0.6) is 5.75 Å². The summed E-state index contributed by atoms with van der Waals surface area (Å²) < 4.78 is 30.2. The van der Waals surface area contributed by atoms with Crippen molar-refractivity contribution in [3.05, 3.63) is 23.8 Å². The van der Waals surface area contributed by atoms with Gasteiger partial charge in [-0.05, 0) is 24.6 Å². The number of sulfonamides is 1. The number of anilines is 1. The van der Waals surface area contributed by atoms with Crippen molar-refractivity contribution in [2.75, 3.05) is 17.6 Å². The largest absolute Gasteiger partial charge is 0.491 e. The van der Waals surface area contributed by atoms with Crippen molar-refractivity contribution in [3.8, 4) is 5.75 Å². The molecule has 1 aromatic carbocycles. The predicted octanol–water partition coefficient (Wildman–Crippen LogP) is 1.94. The van der Waals surface area contributed by atoms with Crippen LogP contribution in [0, 0.1) is 0 Å². The number of carboxylic acid groups (broad SMARTS) is 1. The number of unbranched alkanes of at least 4 members (excludes halogenated alkanes) is 1. The van der Waals surface area contributed by atoms with E-state index in [0.29, 0.717) is 6.61 Å². The molecule has 0 unspecified atom stereocenters. The molecule has 7 heteroatoms. The second-order valence-electron chi connectivity index (χ2n) is 4.09. The van der Waals surface area contributed by atoms with E-state index in [2.05, 4.69) is 4.72 Å². The van der Waals surface area contributed by atoms with E-state index in [9.17, 15) is 13.2 Å². The Hall–Kier alpha value is -1.76. The minimum atomic E-state index is -3.44. The maximum atomic E-state index is 11.2. The van der Waals surface area contributed by atoms with Gasteiger partial charge >= 0.3 is 5.97 Å². The summed E-state index contributed by atoms with van der Waals surface area (Å²) in [5.74, 6) is -0.870. The maximum absolute atomic E-state index is 11.2. The Morgan fingerprint density at radius 1 is 1.42 bits per heavy atom. The Morgan fingerprint density at radius 3 is 2.63 bits per heavy atom. The Labute approximate surface area is 112 Å². The molecule has 0 aliphatic rings. The molecule has 0 radical (unpaired) electrons. The molecule has 1 rings (SSSR count). The van der Waals surface area contributed by atoms with Gasteiger partial charge in [0, 0.05) is 0 Å². The van der Waals surface area contributed by atoms with Gasteiger partial charge in [-0.25, -0.2) is 13.2 Å². The first-order chi connectivity index (χ1) is 8.83. The first kappa shape index (κ1) is 15.3. The van der Waals surface area contributed by atoms with Gasteiger partial charge in [-0.2, -0.15) is 0 Å². The lowest BCUT2D eigenvalue weighted by molar-refractivity contribution is 0.0696. The molecule has 0 aromatic heterocycles. The smallest absolute Gasteiger partial charge is 0.335 e. The Balaban J connectivity index is 3.03. The summed E-state index contributed by atoms with van der Waals surface area (Å²) in [4.78, 5) is 10.9. The summed E-state index contributed by atoms with van der Waals surface area (Å²) in [6, 6.07) is 4.01. The van der Waals surface area contributed by atoms with Crippen LogP contribution in [-0.2, 0) is 10.0 Å². The van der Waals surface area contributed by atoms with E-state index >= 15 is 0 Å². The maximum Gasteiger partial charge on any atom is 0.335 e. The van der Waals surface area contributed by atoms with E-state index in [0.717, 1.165) is 19.1 Å². The molecule has 19 heavy (non-hydrogen) atoms. The Kier molecular flexibility index (Phi) is 5.17. The van der Waals surface area contributed by atoms with Crippen LogP contribution >= 0.6 is 0 Å². The third kappa shape index (κ3) is 5.17. The zero-order chi connectivity index (χ0) is 14.5. The average Bonchev–Trinajstić information content (AvgIpc) is 2.29. The van der Waals surface area contributed by atoms with E-state index in [1.54, 1.807) is 0 Å². The van der Waals surface area contributed by atoms with Gasteiger partial charge in [0.25, 0.3) is 0 Å². The number of benzene rings is 1. The molecule has 0 saturated carbocycles. The van der Waals surface area contributed by atoms with Crippen LogP contribution in [0.4, 0.5) is 5.69 Å². The van der Waals surface area contributed by atoms with Crippen molar-refractivity contribution in [1.29, 1.82) is 0 Å². The fraction of sp³-hybridized carbons (Fsp3) is 0.417. The lowest BCUT2D eigenvalue weighted by Crippen LogP contribution is -2.12. The van der Waals surface area contributed by atoms with Gasteiger partial charge in [0.2, 0.25) is 10.0 Å². The van der Waals surface area contributed by atoms with Crippen molar-refractivity contribution >= 4 is 21.7 Å². The van der Waals surface area contributed by atoms with Gasteiger partial charge in [-0.15, -0.1) is 0 Å². The molecule has 0 atom stereocenters. The second kappa shape index (κ2) is 6.42. The highest BCUT2D eigenvalue weighted by Gasteiger charge is 2.12. The van der Waals surface area contributed by atoms with Crippen molar-refractivity contribution in [2.24, 2.45) is 0 Å². The van der Waals surface area contributed by atoms with E-state index < -0.39 is 16.0 Å². The summed E-state index contributed by atoms with van der Waals surface area (Å²) >= 11 is 0. The van der Waals surface area contributed by atoms with Gasteiger partial charge < -0.3 is 9.84 Å². The molecule has 0 amide bonds. The summed E-state index contributed by atoms with van der Waals surface area (Å²) in [6.07, 6.45) is 2.75. The minimum Gasteiger partial charge on any atom is -0.491 e. The van der Waals surface area contributed by atoms with Gasteiger partial charge in [0.1, 0.15) is 5.75 Å². The first-order valence-electron chi connectivity index (χ1n) is 5.81. The molecular weight excluding hydrogens is 270 g/mol. The number of carbonyl (C=O) groups is 1. The summed E-state index contributed by atoms with van der Waals surface area (Å²) in [6.45, 7) is 2.39. The normalized spacial score (nSPS) is 11.1. The minimum absolute atomic E-state index is 0.0468. The first-order valence-corrected chi connectivity index (χ1v) is 7.70. The number of rotatable bonds is 7. The lowest BCUT2D eigenvalue weighted by atomic mass is 10.2. The number of aromatic carboxylic acids is 1. The van der Waals surface area contributed by atoms with Crippen molar-refractivity contribution in [2.45, 2.75) is 19.8 Å².